The second-order valence-electron chi connectivity index (χ2n) is 5.22. The zero-order chi connectivity index (χ0) is 13.8. The molecule has 1 aromatic carbocycles. The lowest BCUT2D eigenvalue weighted by Crippen LogP contribution is -2.25. The number of halogens is 1. The second-order valence-corrected chi connectivity index (χ2v) is 6.38. The normalized spacial score (nSPS) is 18.9. The highest BCUT2D eigenvalue weighted by molar-refractivity contribution is 14.1. The summed E-state index contributed by atoms with van der Waals surface area (Å²) in [6, 6.07) is 6.45. The molecule has 1 unspecified atom stereocenters. The van der Waals surface area contributed by atoms with Gasteiger partial charge >= 0.3 is 0 Å². The van der Waals surface area contributed by atoms with Crippen LogP contribution in [0, 0.1) is 3.57 Å². The summed E-state index contributed by atoms with van der Waals surface area (Å²) in [6.07, 6.45) is 6.95. The van der Waals surface area contributed by atoms with Crippen molar-refractivity contribution in [3.05, 3.63) is 39.1 Å². The summed E-state index contributed by atoms with van der Waals surface area (Å²) in [6.45, 7) is 2.19. The van der Waals surface area contributed by atoms with Crippen LogP contribution in [0.4, 0.5) is 0 Å². The molecule has 2 nitrogen and oxygen atoms in total. The molecule has 0 spiro atoms. The van der Waals surface area contributed by atoms with Crippen LogP contribution in [0.2, 0.25) is 0 Å². The molecule has 0 saturated heterocycles. The van der Waals surface area contributed by atoms with E-state index < -0.39 is 0 Å². The molecule has 0 aliphatic heterocycles. The molecule has 0 amide bonds. The summed E-state index contributed by atoms with van der Waals surface area (Å²) < 4.78 is 7.45. The lowest BCUT2D eigenvalue weighted by Gasteiger charge is -2.28. The van der Waals surface area contributed by atoms with Crippen LogP contribution in [0.15, 0.2) is 30.0 Å². The standard InChI is InChI=1S/C16H22INO/c1-4-12-8-9-15(11-16(12)17)19-14-7-5-6-13(10-14)18(2)3/h6,8-9,11,14H,4-5,7,10H2,1-3H3. The van der Waals surface area contributed by atoms with Crippen molar-refractivity contribution < 1.29 is 4.74 Å². The Kier molecular flexibility index (Phi) is 5.13. The minimum atomic E-state index is 0.311. The summed E-state index contributed by atoms with van der Waals surface area (Å²) in [7, 11) is 4.21. The first-order chi connectivity index (χ1) is 9.10. The number of allylic oxidation sites excluding steroid dienone is 1. The summed E-state index contributed by atoms with van der Waals surface area (Å²) in [5.41, 5.74) is 2.78. The minimum absolute atomic E-state index is 0.311. The van der Waals surface area contributed by atoms with Gasteiger partial charge in [0.1, 0.15) is 11.9 Å². The fourth-order valence-corrected chi connectivity index (χ4v) is 3.27. The molecule has 1 aliphatic carbocycles. The van der Waals surface area contributed by atoms with Crippen molar-refractivity contribution >= 4 is 22.6 Å². The van der Waals surface area contributed by atoms with E-state index in [0.717, 1.165) is 31.4 Å². The largest absolute Gasteiger partial charge is 0.490 e. The molecular formula is C16H22INO. The Morgan fingerprint density at radius 2 is 2.16 bits per heavy atom. The Labute approximate surface area is 130 Å². The highest BCUT2D eigenvalue weighted by atomic mass is 127. The van der Waals surface area contributed by atoms with Gasteiger partial charge in [0, 0.05) is 29.8 Å². The van der Waals surface area contributed by atoms with Crippen LogP contribution in [0.5, 0.6) is 5.75 Å². The monoisotopic (exact) mass is 371 g/mol. The Hall–Kier alpha value is -0.710. The predicted molar refractivity (Wildman–Crippen MR) is 88.6 cm³/mol. The zero-order valence-electron chi connectivity index (χ0n) is 11.9. The number of aryl methyl sites for hydroxylation is 1. The summed E-state index contributed by atoms with van der Waals surface area (Å²) >= 11 is 2.40. The lowest BCUT2D eigenvalue weighted by atomic mass is 10.0. The van der Waals surface area contributed by atoms with Crippen molar-refractivity contribution in [2.75, 3.05) is 14.1 Å². The molecule has 0 saturated carbocycles. The van der Waals surface area contributed by atoms with Gasteiger partial charge in [-0.2, -0.15) is 0 Å². The van der Waals surface area contributed by atoms with Crippen LogP contribution in [0.1, 0.15) is 31.7 Å². The van der Waals surface area contributed by atoms with Crippen LogP contribution < -0.4 is 4.74 Å². The highest BCUT2D eigenvalue weighted by Gasteiger charge is 2.18. The van der Waals surface area contributed by atoms with Gasteiger partial charge in [0.05, 0.1) is 0 Å². The van der Waals surface area contributed by atoms with Crippen molar-refractivity contribution in [1.29, 1.82) is 0 Å². The molecule has 3 heteroatoms. The Bertz CT molecular complexity index is 468. The topological polar surface area (TPSA) is 12.5 Å². The molecule has 19 heavy (non-hydrogen) atoms. The maximum absolute atomic E-state index is 6.14. The first-order valence-electron chi connectivity index (χ1n) is 6.91. The SMILES string of the molecule is CCc1ccc(OC2CCC=C(N(C)C)C2)cc1I. The first kappa shape index (κ1) is 14.7. The highest BCUT2D eigenvalue weighted by Crippen LogP contribution is 2.26. The molecule has 2 rings (SSSR count). The quantitative estimate of drug-likeness (QED) is 0.735. The maximum Gasteiger partial charge on any atom is 0.120 e. The van der Waals surface area contributed by atoms with Crippen molar-refractivity contribution in [3.8, 4) is 5.75 Å². The fraction of sp³-hybridized carbons (Fsp3) is 0.500. The molecule has 104 valence electrons. The molecule has 0 fully saturated rings. The Balaban J connectivity index is 2.02. The van der Waals surface area contributed by atoms with Crippen molar-refractivity contribution in [1.82, 2.24) is 4.90 Å². The Morgan fingerprint density at radius 1 is 1.37 bits per heavy atom. The summed E-state index contributed by atoms with van der Waals surface area (Å²) in [5.74, 6) is 1.01. The average molecular weight is 371 g/mol. The number of nitrogens with zero attached hydrogens (tertiary/aromatic N) is 1. The number of hydrogen-bond donors (Lipinski definition) is 0. The first-order valence-corrected chi connectivity index (χ1v) is 7.99. The Morgan fingerprint density at radius 3 is 2.79 bits per heavy atom. The molecule has 0 radical (unpaired) electrons. The predicted octanol–water partition coefficient (Wildman–Crippen LogP) is 4.23. The zero-order valence-corrected chi connectivity index (χ0v) is 14.1. The lowest BCUT2D eigenvalue weighted by molar-refractivity contribution is 0.176. The van der Waals surface area contributed by atoms with Crippen LogP contribution >= 0.6 is 22.6 Å². The molecule has 1 atom stereocenters. The van der Waals surface area contributed by atoms with E-state index in [1.54, 1.807) is 0 Å². The van der Waals surface area contributed by atoms with E-state index in [0.29, 0.717) is 6.10 Å². The smallest absolute Gasteiger partial charge is 0.120 e. The van der Waals surface area contributed by atoms with E-state index >= 15 is 0 Å². The summed E-state index contributed by atoms with van der Waals surface area (Å²) in [5, 5.41) is 0. The maximum atomic E-state index is 6.14. The van der Waals surface area contributed by atoms with Gasteiger partial charge in [-0.15, -0.1) is 0 Å². The molecule has 0 heterocycles. The molecule has 0 bridgehead atoms. The van der Waals surface area contributed by atoms with Gasteiger partial charge in [0.15, 0.2) is 0 Å². The molecule has 0 N–H and O–H groups in total. The van der Waals surface area contributed by atoms with Crippen molar-refractivity contribution in [3.63, 3.8) is 0 Å². The number of hydrogen-bond acceptors (Lipinski definition) is 2. The van der Waals surface area contributed by atoms with Crippen LogP contribution in [0.3, 0.4) is 0 Å². The van der Waals surface area contributed by atoms with Crippen molar-refractivity contribution in [2.45, 2.75) is 38.7 Å². The molecule has 0 aromatic heterocycles. The van der Waals surface area contributed by atoms with E-state index in [-0.39, 0.29) is 0 Å². The van der Waals surface area contributed by atoms with E-state index in [2.05, 4.69) is 72.8 Å². The molecule has 1 aromatic rings. The van der Waals surface area contributed by atoms with Gasteiger partial charge in [0.2, 0.25) is 0 Å². The van der Waals surface area contributed by atoms with E-state index in [1.165, 1.54) is 14.8 Å². The number of ether oxygens (including phenoxy) is 1. The van der Waals surface area contributed by atoms with E-state index in [9.17, 15) is 0 Å². The number of benzene rings is 1. The van der Waals surface area contributed by atoms with E-state index in [4.69, 9.17) is 4.74 Å². The summed E-state index contributed by atoms with van der Waals surface area (Å²) in [4.78, 5) is 2.19. The third kappa shape index (κ3) is 3.88. The number of rotatable bonds is 4. The van der Waals surface area contributed by atoms with Gasteiger partial charge in [-0.05, 0) is 59.5 Å². The van der Waals surface area contributed by atoms with Gasteiger partial charge < -0.3 is 9.64 Å². The fourth-order valence-electron chi connectivity index (χ4n) is 2.40. The third-order valence-corrected chi connectivity index (χ3v) is 4.59. The average Bonchev–Trinajstić information content (AvgIpc) is 2.39. The van der Waals surface area contributed by atoms with Gasteiger partial charge in [-0.1, -0.05) is 19.1 Å². The molecule has 1 aliphatic rings. The van der Waals surface area contributed by atoms with Gasteiger partial charge in [-0.3, -0.25) is 0 Å². The van der Waals surface area contributed by atoms with Crippen LogP contribution in [-0.4, -0.2) is 25.1 Å². The molecular weight excluding hydrogens is 349 g/mol. The van der Waals surface area contributed by atoms with Crippen LogP contribution in [-0.2, 0) is 6.42 Å². The van der Waals surface area contributed by atoms with Gasteiger partial charge in [-0.25, -0.2) is 0 Å². The van der Waals surface area contributed by atoms with Crippen LogP contribution in [0.25, 0.3) is 0 Å². The minimum Gasteiger partial charge on any atom is -0.490 e. The van der Waals surface area contributed by atoms with Crippen molar-refractivity contribution in [2.24, 2.45) is 0 Å². The second kappa shape index (κ2) is 6.64. The third-order valence-electron chi connectivity index (χ3n) is 3.59. The van der Waals surface area contributed by atoms with E-state index in [1.807, 2.05) is 0 Å². The van der Waals surface area contributed by atoms with Gasteiger partial charge in [0.25, 0.3) is 0 Å².